The van der Waals surface area contributed by atoms with Gasteiger partial charge in [0.1, 0.15) is 5.69 Å². The second-order valence-corrected chi connectivity index (χ2v) is 5.64. The van der Waals surface area contributed by atoms with Crippen molar-refractivity contribution in [3.8, 4) is 0 Å². The lowest BCUT2D eigenvalue weighted by atomic mass is 10.1. The van der Waals surface area contributed by atoms with Crippen LogP contribution in [0.1, 0.15) is 17.7 Å². The number of nitrogens with one attached hydrogen (secondary N) is 1. The Morgan fingerprint density at radius 2 is 1.95 bits per heavy atom. The van der Waals surface area contributed by atoms with Crippen LogP contribution in [0.2, 0.25) is 0 Å². The number of alkyl halides is 3. The fraction of sp³-hybridized carbons (Fsp3) is 0.438. The number of anilines is 1. The molecule has 2 aromatic rings. The smallest absolute Gasteiger partial charge is 0.370 e. The van der Waals surface area contributed by atoms with E-state index in [4.69, 9.17) is 0 Å². The third-order valence-corrected chi connectivity index (χ3v) is 3.91. The van der Waals surface area contributed by atoms with Crippen LogP contribution in [0, 0.1) is 6.92 Å². The molecule has 1 aromatic carbocycles. The normalized spacial score (nSPS) is 16.8. The van der Waals surface area contributed by atoms with E-state index < -0.39 is 11.9 Å². The van der Waals surface area contributed by atoms with Crippen LogP contribution in [0.5, 0.6) is 0 Å². The molecule has 2 heterocycles. The van der Waals surface area contributed by atoms with Crippen molar-refractivity contribution >= 4 is 16.6 Å². The van der Waals surface area contributed by atoms with Gasteiger partial charge in [0.05, 0.1) is 5.52 Å². The first-order valence-electron chi connectivity index (χ1n) is 7.39. The second-order valence-electron chi connectivity index (χ2n) is 5.64. The van der Waals surface area contributed by atoms with Gasteiger partial charge in [-0.05, 0) is 38.1 Å². The van der Waals surface area contributed by atoms with Gasteiger partial charge in [-0.25, -0.2) is 4.98 Å². The van der Waals surface area contributed by atoms with Crippen molar-refractivity contribution in [1.82, 2.24) is 10.3 Å². The Morgan fingerprint density at radius 3 is 2.73 bits per heavy atom. The van der Waals surface area contributed by atoms with Gasteiger partial charge in [0.25, 0.3) is 0 Å². The number of benzene rings is 1. The Labute approximate surface area is 127 Å². The van der Waals surface area contributed by atoms with Gasteiger partial charge < -0.3 is 10.2 Å². The van der Waals surface area contributed by atoms with Crippen molar-refractivity contribution in [3.63, 3.8) is 0 Å². The molecule has 0 unspecified atom stereocenters. The zero-order chi connectivity index (χ0) is 15.7. The number of fused-ring (bicyclic) bond motifs is 1. The van der Waals surface area contributed by atoms with E-state index in [-0.39, 0.29) is 0 Å². The Balaban J connectivity index is 2.17. The van der Waals surface area contributed by atoms with Gasteiger partial charge in [0, 0.05) is 30.7 Å². The molecule has 3 rings (SSSR count). The van der Waals surface area contributed by atoms with Crippen LogP contribution in [0.4, 0.5) is 18.9 Å². The van der Waals surface area contributed by atoms with Crippen molar-refractivity contribution < 1.29 is 13.2 Å². The maximum atomic E-state index is 13.1. The molecule has 1 N–H and O–H groups in total. The van der Waals surface area contributed by atoms with E-state index in [2.05, 4.69) is 10.3 Å². The first kappa shape index (κ1) is 15.1. The van der Waals surface area contributed by atoms with Crippen molar-refractivity contribution in [3.05, 3.63) is 35.5 Å². The summed E-state index contributed by atoms with van der Waals surface area (Å²) in [5.74, 6) is 0. The fourth-order valence-electron chi connectivity index (χ4n) is 2.82. The van der Waals surface area contributed by atoms with Crippen LogP contribution in [-0.2, 0) is 6.18 Å². The molecule has 0 spiro atoms. The predicted octanol–water partition coefficient (Wildman–Crippen LogP) is 3.36. The third-order valence-electron chi connectivity index (χ3n) is 3.91. The number of halogens is 3. The Kier molecular flexibility index (Phi) is 3.95. The van der Waals surface area contributed by atoms with E-state index in [1.165, 1.54) is 6.07 Å². The lowest BCUT2D eigenvalue weighted by Crippen LogP contribution is -2.28. The third kappa shape index (κ3) is 3.02. The molecule has 1 aliphatic heterocycles. The van der Waals surface area contributed by atoms with Crippen LogP contribution in [-0.4, -0.2) is 31.2 Å². The first-order valence-corrected chi connectivity index (χ1v) is 7.39. The quantitative estimate of drug-likeness (QED) is 0.875. The molecule has 0 aliphatic carbocycles. The highest BCUT2D eigenvalue weighted by Gasteiger charge is 2.34. The van der Waals surface area contributed by atoms with Gasteiger partial charge in [0.15, 0.2) is 0 Å². The minimum Gasteiger partial charge on any atom is -0.370 e. The lowest BCUT2D eigenvalue weighted by Gasteiger charge is -2.25. The SMILES string of the molecule is Cc1ccc2nc(C(F)(F)F)cc(N3CCCNCC3)c2c1. The van der Waals surface area contributed by atoms with E-state index in [9.17, 15) is 13.2 Å². The molecule has 0 atom stereocenters. The molecule has 3 nitrogen and oxygen atoms in total. The first-order chi connectivity index (χ1) is 10.4. The van der Waals surface area contributed by atoms with Crippen LogP contribution >= 0.6 is 0 Å². The number of hydrogen-bond acceptors (Lipinski definition) is 3. The molecular formula is C16H18F3N3. The molecule has 0 amide bonds. The van der Waals surface area contributed by atoms with Gasteiger partial charge in [0.2, 0.25) is 0 Å². The standard InChI is InChI=1S/C16H18F3N3/c1-11-3-4-13-12(9-11)14(10-15(21-13)16(17,18)19)22-7-2-5-20-6-8-22/h3-4,9-10,20H,2,5-8H2,1H3. The number of pyridine rings is 1. The summed E-state index contributed by atoms with van der Waals surface area (Å²) < 4.78 is 39.4. The van der Waals surface area contributed by atoms with Gasteiger partial charge in [-0.15, -0.1) is 0 Å². The summed E-state index contributed by atoms with van der Waals surface area (Å²) in [4.78, 5) is 5.83. The highest BCUT2D eigenvalue weighted by atomic mass is 19.4. The molecule has 0 radical (unpaired) electrons. The van der Waals surface area contributed by atoms with Crippen molar-refractivity contribution in [1.29, 1.82) is 0 Å². The Bertz CT molecular complexity index is 674. The summed E-state index contributed by atoms with van der Waals surface area (Å²) >= 11 is 0. The number of aryl methyl sites for hydroxylation is 1. The molecule has 1 aliphatic rings. The minimum absolute atomic E-state index is 0.396. The van der Waals surface area contributed by atoms with Crippen LogP contribution in [0.3, 0.4) is 0 Å². The summed E-state index contributed by atoms with van der Waals surface area (Å²) in [6.45, 7) is 5.05. The highest BCUT2D eigenvalue weighted by Crippen LogP contribution is 2.35. The number of nitrogens with zero attached hydrogens (tertiary/aromatic N) is 2. The molecule has 118 valence electrons. The number of hydrogen-bond donors (Lipinski definition) is 1. The predicted molar refractivity (Wildman–Crippen MR) is 81.2 cm³/mol. The van der Waals surface area contributed by atoms with E-state index in [0.29, 0.717) is 17.7 Å². The minimum atomic E-state index is -4.43. The molecule has 1 saturated heterocycles. The molecule has 1 fully saturated rings. The average Bonchev–Trinajstić information content (AvgIpc) is 2.74. The van der Waals surface area contributed by atoms with E-state index in [1.54, 1.807) is 12.1 Å². The van der Waals surface area contributed by atoms with Crippen molar-refractivity contribution in [2.45, 2.75) is 19.5 Å². The monoisotopic (exact) mass is 309 g/mol. The van der Waals surface area contributed by atoms with Gasteiger partial charge in [-0.3, -0.25) is 0 Å². The van der Waals surface area contributed by atoms with Crippen LogP contribution in [0.25, 0.3) is 10.9 Å². The summed E-state index contributed by atoms with van der Waals surface area (Å²) in [6, 6.07) is 6.56. The lowest BCUT2D eigenvalue weighted by molar-refractivity contribution is -0.140. The molecule has 6 heteroatoms. The van der Waals surface area contributed by atoms with Crippen molar-refractivity contribution in [2.24, 2.45) is 0 Å². The molecular weight excluding hydrogens is 291 g/mol. The van der Waals surface area contributed by atoms with Crippen LogP contribution < -0.4 is 10.2 Å². The largest absolute Gasteiger partial charge is 0.433 e. The van der Waals surface area contributed by atoms with Gasteiger partial charge >= 0.3 is 6.18 Å². The molecule has 22 heavy (non-hydrogen) atoms. The zero-order valence-electron chi connectivity index (χ0n) is 12.4. The summed E-state index contributed by atoms with van der Waals surface area (Å²) in [5.41, 5.74) is 1.22. The number of rotatable bonds is 1. The topological polar surface area (TPSA) is 28.2 Å². The number of aromatic nitrogens is 1. The van der Waals surface area contributed by atoms with Gasteiger partial charge in [-0.2, -0.15) is 13.2 Å². The maximum Gasteiger partial charge on any atom is 0.433 e. The fourth-order valence-corrected chi connectivity index (χ4v) is 2.82. The Morgan fingerprint density at radius 1 is 1.14 bits per heavy atom. The summed E-state index contributed by atoms with van der Waals surface area (Å²) in [6.07, 6.45) is -3.52. The Hall–Kier alpha value is -1.82. The molecule has 1 aromatic heterocycles. The molecule has 0 bridgehead atoms. The van der Waals surface area contributed by atoms with E-state index >= 15 is 0 Å². The maximum absolute atomic E-state index is 13.1. The van der Waals surface area contributed by atoms with Crippen molar-refractivity contribution in [2.75, 3.05) is 31.1 Å². The summed E-state index contributed by atoms with van der Waals surface area (Å²) in [7, 11) is 0. The van der Waals surface area contributed by atoms with Crippen LogP contribution in [0.15, 0.2) is 24.3 Å². The average molecular weight is 309 g/mol. The van der Waals surface area contributed by atoms with Gasteiger partial charge in [-0.1, -0.05) is 11.6 Å². The highest BCUT2D eigenvalue weighted by molar-refractivity contribution is 5.92. The summed E-state index contributed by atoms with van der Waals surface area (Å²) in [5, 5.41) is 4.06. The zero-order valence-corrected chi connectivity index (χ0v) is 12.4. The van der Waals surface area contributed by atoms with E-state index in [1.807, 2.05) is 17.9 Å². The second kappa shape index (κ2) is 5.76. The van der Waals surface area contributed by atoms with E-state index in [0.717, 1.165) is 37.0 Å². The molecule has 0 saturated carbocycles.